The maximum absolute atomic E-state index is 11.7. The number of hydrogen-bond donors (Lipinski definition) is 1. The predicted octanol–water partition coefficient (Wildman–Crippen LogP) is 0.909. The third-order valence-electron chi connectivity index (χ3n) is 2.15. The normalized spacial score (nSPS) is 11.1. The molecule has 0 saturated heterocycles. The molecule has 0 aromatic heterocycles. The van der Waals surface area contributed by atoms with Gasteiger partial charge >= 0.3 is 5.97 Å². The van der Waals surface area contributed by atoms with Gasteiger partial charge in [0.15, 0.2) is 0 Å². The summed E-state index contributed by atoms with van der Waals surface area (Å²) in [5.74, 6) is -0.384. The molecule has 0 heterocycles. The van der Waals surface area contributed by atoms with Crippen molar-refractivity contribution in [3.63, 3.8) is 0 Å². The Morgan fingerprint density at radius 1 is 1.39 bits per heavy atom. The first-order chi connectivity index (χ1) is 8.40. The van der Waals surface area contributed by atoms with Crippen molar-refractivity contribution >= 4 is 16.0 Å². The smallest absolute Gasteiger partial charge is 0.339 e. The van der Waals surface area contributed by atoms with Crippen molar-refractivity contribution < 1.29 is 22.7 Å². The number of esters is 1. The molecule has 0 bridgehead atoms. The summed E-state index contributed by atoms with van der Waals surface area (Å²) in [5, 5.41) is 5.04. The van der Waals surface area contributed by atoms with E-state index in [-0.39, 0.29) is 17.1 Å². The van der Waals surface area contributed by atoms with Crippen molar-refractivity contribution in [2.45, 2.75) is 18.2 Å². The number of methoxy groups -OCH3 is 1. The minimum Gasteiger partial charge on any atom is -0.497 e. The average molecular weight is 273 g/mol. The van der Waals surface area contributed by atoms with Gasteiger partial charge in [-0.05, 0) is 24.6 Å². The molecule has 0 unspecified atom stereocenters. The third-order valence-corrected chi connectivity index (χ3v) is 3.12. The lowest BCUT2D eigenvalue weighted by Crippen LogP contribution is -2.18. The van der Waals surface area contributed by atoms with Gasteiger partial charge in [-0.25, -0.2) is 18.4 Å². The van der Waals surface area contributed by atoms with Gasteiger partial charge in [-0.1, -0.05) is 6.92 Å². The number of ether oxygens (including phenoxy) is 2. The Kier molecular flexibility index (Phi) is 4.69. The van der Waals surface area contributed by atoms with Gasteiger partial charge in [-0.15, -0.1) is 0 Å². The van der Waals surface area contributed by atoms with Crippen LogP contribution in [0.15, 0.2) is 23.1 Å². The van der Waals surface area contributed by atoms with Crippen molar-refractivity contribution in [3.8, 4) is 5.75 Å². The number of benzene rings is 1. The van der Waals surface area contributed by atoms with Crippen LogP contribution in [0.3, 0.4) is 0 Å². The van der Waals surface area contributed by atoms with E-state index in [9.17, 15) is 13.2 Å². The van der Waals surface area contributed by atoms with Crippen LogP contribution in [0, 0.1) is 0 Å². The van der Waals surface area contributed by atoms with Crippen LogP contribution >= 0.6 is 0 Å². The molecule has 6 nitrogen and oxygen atoms in total. The molecule has 18 heavy (non-hydrogen) atoms. The number of carbonyl (C=O) groups excluding carboxylic acids is 1. The van der Waals surface area contributed by atoms with E-state index in [1.165, 1.54) is 25.3 Å². The molecule has 0 saturated carbocycles. The van der Waals surface area contributed by atoms with E-state index >= 15 is 0 Å². The molecule has 0 aliphatic carbocycles. The van der Waals surface area contributed by atoms with Crippen LogP contribution in [0.1, 0.15) is 23.7 Å². The maximum Gasteiger partial charge on any atom is 0.339 e. The van der Waals surface area contributed by atoms with Gasteiger partial charge in [0.25, 0.3) is 0 Å². The van der Waals surface area contributed by atoms with Crippen molar-refractivity contribution in [3.05, 3.63) is 23.8 Å². The van der Waals surface area contributed by atoms with Crippen LogP contribution in [0.4, 0.5) is 0 Å². The Hall–Kier alpha value is -1.60. The van der Waals surface area contributed by atoms with Crippen molar-refractivity contribution in [1.82, 2.24) is 0 Å². The lowest BCUT2D eigenvalue weighted by atomic mass is 10.2. The Balaban J connectivity index is 3.24. The van der Waals surface area contributed by atoms with E-state index in [0.29, 0.717) is 12.2 Å². The predicted molar refractivity (Wildman–Crippen MR) is 64.9 cm³/mol. The number of nitrogens with two attached hydrogens (primary N) is 1. The molecule has 0 aliphatic rings. The van der Waals surface area contributed by atoms with Crippen molar-refractivity contribution in [2.75, 3.05) is 13.7 Å². The van der Waals surface area contributed by atoms with Crippen LogP contribution in [-0.4, -0.2) is 28.1 Å². The molecule has 1 aromatic rings. The lowest BCUT2D eigenvalue weighted by Gasteiger charge is -2.09. The highest BCUT2D eigenvalue weighted by molar-refractivity contribution is 7.89. The lowest BCUT2D eigenvalue weighted by molar-refractivity contribution is 0.0500. The minimum absolute atomic E-state index is 0.120. The molecule has 2 N–H and O–H groups in total. The summed E-state index contributed by atoms with van der Waals surface area (Å²) in [6.45, 7) is 2.04. The van der Waals surface area contributed by atoms with Gasteiger partial charge in [-0.3, -0.25) is 0 Å². The summed E-state index contributed by atoms with van der Waals surface area (Å²) in [6.07, 6.45) is 0.639. The van der Waals surface area contributed by atoms with Crippen LogP contribution in [-0.2, 0) is 14.8 Å². The molecule has 1 rings (SSSR count). The molecular weight excluding hydrogens is 258 g/mol. The van der Waals surface area contributed by atoms with E-state index in [0.717, 1.165) is 0 Å². The zero-order chi connectivity index (χ0) is 13.8. The first kappa shape index (κ1) is 14.5. The van der Waals surface area contributed by atoms with Crippen LogP contribution in [0.5, 0.6) is 5.75 Å². The minimum atomic E-state index is -3.98. The number of rotatable bonds is 5. The fraction of sp³-hybridized carbons (Fsp3) is 0.364. The van der Waals surface area contributed by atoms with Crippen molar-refractivity contribution in [1.29, 1.82) is 0 Å². The Morgan fingerprint density at radius 3 is 2.56 bits per heavy atom. The number of sulfonamides is 1. The van der Waals surface area contributed by atoms with Gasteiger partial charge in [-0.2, -0.15) is 0 Å². The zero-order valence-electron chi connectivity index (χ0n) is 10.2. The summed E-state index contributed by atoms with van der Waals surface area (Å²) < 4.78 is 32.6. The molecule has 0 spiro atoms. The average Bonchev–Trinajstić information content (AvgIpc) is 2.34. The monoisotopic (exact) mass is 273 g/mol. The maximum atomic E-state index is 11.7. The van der Waals surface area contributed by atoms with E-state index in [4.69, 9.17) is 14.6 Å². The SMILES string of the molecule is CCCOC(=O)c1cc(OC)ccc1S(N)(=O)=O. The molecule has 7 heteroatoms. The Bertz CT molecular complexity index is 538. The van der Waals surface area contributed by atoms with Crippen molar-refractivity contribution in [2.24, 2.45) is 5.14 Å². The highest BCUT2D eigenvalue weighted by atomic mass is 32.2. The van der Waals surface area contributed by atoms with Gasteiger partial charge < -0.3 is 9.47 Å². The second-order valence-corrected chi connectivity index (χ2v) is 5.07. The molecule has 0 amide bonds. The third kappa shape index (κ3) is 3.44. The highest BCUT2D eigenvalue weighted by Crippen LogP contribution is 2.21. The topological polar surface area (TPSA) is 95.7 Å². The summed E-state index contributed by atoms with van der Waals surface area (Å²) in [6, 6.07) is 3.92. The summed E-state index contributed by atoms with van der Waals surface area (Å²) in [7, 11) is -2.58. The number of primary sulfonamides is 1. The molecule has 100 valence electrons. The van der Waals surface area contributed by atoms with Gasteiger partial charge in [0, 0.05) is 0 Å². The Morgan fingerprint density at radius 2 is 2.06 bits per heavy atom. The van der Waals surface area contributed by atoms with Gasteiger partial charge in [0.05, 0.1) is 24.2 Å². The fourth-order valence-electron chi connectivity index (χ4n) is 1.32. The molecule has 0 aliphatic heterocycles. The van der Waals surface area contributed by atoms with E-state index in [2.05, 4.69) is 0 Å². The van der Waals surface area contributed by atoms with E-state index in [1.54, 1.807) is 0 Å². The molecule has 0 fully saturated rings. The van der Waals surface area contributed by atoms with Gasteiger partial charge in [0.1, 0.15) is 5.75 Å². The molecule has 0 radical (unpaired) electrons. The first-order valence-corrected chi connectivity index (χ1v) is 6.82. The Labute approximate surface area is 106 Å². The second-order valence-electron chi connectivity index (χ2n) is 3.54. The fourth-order valence-corrected chi connectivity index (χ4v) is 2.02. The first-order valence-electron chi connectivity index (χ1n) is 5.28. The van der Waals surface area contributed by atoms with Crippen LogP contribution in [0.25, 0.3) is 0 Å². The summed E-state index contributed by atoms with van der Waals surface area (Å²) in [5.41, 5.74) is -0.120. The van der Waals surface area contributed by atoms with Crippen LogP contribution < -0.4 is 9.88 Å². The number of carbonyl (C=O) groups is 1. The standard InChI is InChI=1S/C11H15NO5S/c1-3-6-17-11(13)9-7-8(16-2)4-5-10(9)18(12,14)15/h4-5,7H,3,6H2,1-2H3,(H2,12,14,15). The van der Waals surface area contributed by atoms with Gasteiger partial charge in [0.2, 0.25) is 10.0 Å². The van der Waals surface area contributed by atoms with E-state index in [1.807, 2.05) is 6.92 Å². The second kappa shape index (κ2) is 5.83. The van der Waals surface area contributed by atoms with E-state index < -0.39 is 16.0 Å². The largest absolute Gasteiger partial charge is 0.497 e. The summed E-state index contributed by atoms with van der Waals surface area (Å²) >= 11 is 0. The highest BCUT2D eigenvalue weighted by Gasteiger charge is 2.21. The quantitative estimate of drug-likeness (QED) is 0.804. The molecule has 0 atom stereocenters. The number of hydrogen-bond acceptors (Lipinski definition) is 5. The summed E-state index contributed by atoms with van der Waals surface area (Å²) in [4.78, 5) is 11.5. The van der Waals surface area contributed by atoms with Crippen LogP contribution in [0.2, 0.25) is 0 Å². The molecule has 1 aromatic carbocycles. The zero-order valence-corrected chi connectivity index (χ0v) is 11.0. The molecular formula is C11H15NO5S.